The Morgan fingerprint density at radius 2 is 0.902 bits per heavy atom. The molecule has 3 aromatic carbocycles. The third kappa shape index (κ3) is 13.0. The van der Waals surface area contributed by atoms with E-state index in [2.05, 4.69) is 24.1 Å². The highest BCUT2D eigenvalue weighted by atomic mass is 16.5. The molecule has 0 aliphatic heterocycles. The highest BCUT2D eigenvalue weighted by molar-refractivity contribution is 5.91. The molecule has 0 saturated heterocycles. The Hall–Kier alpha value is -3.67. The van der Waals surface area contributed by atoms with E-state index in [1.807, 2.05) is 36.4 Å². The van der Waals surface area contributed by atoms with Crippen LogP contribution in [0.2, 0.25) is 0 Å². The maximum absolute atomic E-state index is 12.6. The minimum absolute atomic E-state index is 0.416. The number of azo groups is 1. The summed E-state index contributed by atoms with van der Waals surface area (Å²) in [6.07, 6.45) is 14.8. The van der Waals surface area contributed by atoms with Crippen molar-refractivity contribution >= 4 is 17.3 Å². The van der Waals surface area contributed by atoms with Gasteiger partial charge in [0.2, 0.25) is 0 Å². The molecular formula is C35H46N2O4. The van der Waals surface area contributed by atoms with Gasteiger partial charge >= 0.3 is 5.97 Å². The summed E-state index contributed by atoms with van der Waals surface area (Å²) in [6.45, 7) is 5.89. The third-order valence-corrected chi connectivity index (χ3v) is 6.79. The molecule has 0 aliphatic carbocycles. The normalized spacial score (nSPS) is 11.1. The standard InChI is InChI=1S/C35H46N2O4/c1-3-5-7-9-11-13-27-39-32-21-15-29(16-22-32)35(38)41-34-25-19-31(20-26-34)37-36-30-17-23-33(24-18-30)40-28-14-12-10-8-6-4-2/h15-26H,3-14,27-28H2,1-2H3. The van der Waals surface area contributed by atoms with Gasteiger partial charge in [-0.15, -0.1) is 0 Å². The summed E-state index contributed by atoms with van der Waals surface area (Å²) in [7, 11) is 0. The number of hydrogen-bond donors (Lipinski definition) is 0. The van der Waals surface area contributed by atoms with Crippen molar-refractivity contribution in [1.29, 1.82) is 0 Å². The molecule has 0 aromatic heterocycles. The van der Waals surface area contributed by atoms with Crippen LogP contribution in [0.1, 0.15) is 101 Å². The third-order valence-electron chi connectivity index (χ3n) is 6.79. The Balaban J connectivity index is 1.37. The predicted molar refractivity (Wildman–Crippen MR) is 166 cm³/mol. The number of benzene rings is 3. The van der Waals surface area contributed by atoms with Gasteiger partial charge in [-0.2, -0.15) is 10.2 Å². The van der Waals surface area contributed by atoms with E-state index in [-0.39, 0.29) is 0 Å². The first-order valence-electron chi connectivity index (χ1n) is 15.4. The van der Waals surface area contributed by atoms with Crippen LogP contribution in [0.25, 0.3) is 0 Å². The van der Waals surface area contributed by atoms with Crippen molar-refractivity contribution in [3.63, 3.8) is 0 Å². The van der Waals surface area contributed by atoms with Gasteiger partial charge in [-0.1, -0.05) is 78.1 Å². The number of esters is 1. The second kappa shape index (κ2) is 19.4. The van der Waals surface area contributed by atoms with E-state index in [0.717, 1.165) is 36.6 Å². The molecule has 0 bridgehead atoms. The summed E-state index contributed by atoms with van der Waals surface area (Å²) < 4.78 is 17.1. The molecule has 0 atom stereocenters. The first kappa shape index (κ1) is 31.9. The summed E-state index contributed by atoms with van der Waals surface area (Å²) in [4.78, 5) is 12.6. The fourth-order valence-electron chi connectivity index (χ4n) is 4.30. The minimum Gasteiger partial charge on any atom is -0.494 e. The smallest absolute Gasteiger partial charge is 0.343 e. The Morgan fingerprint density at radius 1 is 0.512 bits per heavy atom. The molecule has 0 saturated carbocycles. The average molecular weight is 559 g/mol. The fourth-order valence-corrected chi connectivity index (χ4v) is 4.30. The molecule has 0 fully saturated rings. The Morgan fingerprint density at radius 3 is 1.37 bits per heavy atom. The lowest BCUT2D eigenvalue weighted by Crippen LogP contribution is -2.08. The summed E-state index contributed by atoms with van der Waals surface area (Å²) in [5.74, 6) is 1.64. The lowest BCUT2D eigenvalue weighted by molar-refractivity contribution is 0.0734. The summed E-state index contributed by atoms with van der Waals surface area (Å²) in [5.41, 5.74) is 1.88. The number of rotatable bonds is 20. The largest absolute Gasteiger partial charge is 0.494 e. The van der Waals surface area contributed by atoms with Crippen LogP contribution in [0.15, 0.2) is 83.0 Å². The second-order valence-corrected chi connectivity index (χ2v) is 10.3. The van der Waals surface area contributed by atoms with Crippen molar-refractivity contribution < 1.29 is 19.0 Å². The van der Waals surface area contributed by atoms with E-state index >= 15 is 0 Å². The monoisotopic (exact) mass is 558 g/mol. The van der Waals surface area contributed by atoms with E-state index < -0.39 is 5.97 Å². The summed E-state index contributed by atoms with van der Waals surface area (Å²) in [6, 6.07) is 21.7. The highest BCUT2D eigenvalue weighted by Gasteiger charge is 2.09. The van der Waals surface area contributed by atoms with Crippen LogP contribution < -0.4 is 14.2 Å². The lowest BCUT2D eigenvalue weighted by atomic mass is 10.1. The van der Waals surface area contributed by atoms with E-state index in [1.54, 1.807) is 36.4 Å². The van der Waals surface area contributed by atoms with Crippen LogP contribution in [0.4, 0.5) is 11.4 Å². The lowest BCUT2D eigenvalue weighted by Gasteiger charge is -2.08. The van der Waals surface area contributed by atoms with Crippen LogP contribution in [0, 0.1) is 0 Å². The molecule has 0 N–H and O–H groups in total. The van der Waals surface area contributed by atoms with Crippen molar-refractivity contribution in [2.24, 2.45) is 10.2 Å². The van der Waals surface area contributed by atoms with Crippen LogP contribution in [0.5, 0.6) is 17.2 Å². The highest BCUT2D eigenvalue weighted by Crippen LogP contribution is 2.24. The molecule has 6 nitrogen and oxygen atoms in total. The molecule has 0 aliphatic rings. The van der Waals surface area contributed by atoms with Crippen LogP contribution in [0.3, 0.4) is 0 Å². The SMILES string of the molecule is CCCCCCCCOc1ccc(N=Nc2ccc(OC(=O)c3ccc(OCCCCCCCC)cc3)cc2)cc1. The number of ether oxygens (including phenoxy) is 3. The minimum atomic E-state index is -0.416. The number of unbranched alkanes of at least 4 members (excludes halogenated alkanes) is 10. The first-order valence-corrected chi connectivity index (χ1v) is 15.4. The molecule has 3 aromatic rings. The Bertz CT molecular complexity index is 1140. The molecule has 41 heavy (non-hydrogen) atoms. The maximum atomic E-state index is 12.6. The molecule has 6 heteroatoms. The Labute approximate surface area is 246 Å². The second-order valence-electron chi connectivity index (χ2n) is 10.3. The van der Waals surface area contributed by atoms with Gasteiger partial charge in [0, 0.05) is 0 Å². The maximum Gasteiger partial charge on any atom is 0.343 e. The molecule has 0 radical (unpaired) electrons. The van der Waals surface area contributed by atoms with Crippen LogP contribution in [-0.4, -0.2) is 19.2 Å². The van der Waals surface area contributed by atoms with Gasteiger partial charge in [-0.25, -0.2) is 4.79 Å². The van der Waals surface area contributed by atoms with Crippen LogP contribution in [-0.2, 0) is 0 Å². The molecule has 0 amide bonds. The van der Waals surface area contributed by atoms with Crippen LogP contribution >= 0.6 is 0 Å². The van der Waals surface area contributed by atoms with Gasteiger partial charge in [0.15, 0.2) is 0 Å². The van der Waals surface area contributed by atoms with Crippen molar-refractivity contribution in [2.75, 3.05) is 13.2 Å². The van der Waals surface area contributed by atoms with Gasteiger partial charge in [-0.05, 0) is 85.6 Å². The Kier molecular flexibility index (Phi) is 15.1. The van der Waals surface area contributed by atoms with Crippen molar-refractivity contribution in [3.8, 4) is 17.2 Å². The predicted octanol–water partition coefficient (Wildman–Crippen LogP) is 10.8. The zero-order chi connectivity index (χ0) is 29.0. The number of carbonyl (C=O) groups excluding carboxylic acids is 1. The van der Waals surface area contributed by atoms with Crippen molar-refractivity contribution in [3.05, 3.63) is 78.4 Å². The van der Waals surface area contributed by atoms with Gasteiger partial charge in [0.1, 0.15) is 17.2 Å². The quantitative estimate of drug-likeness (QED) is 0.0598. The van der Waals surface area contributed by atoms with E-state index in [1.165, 1.54) is 64.2 Å². The number of hydrogen-bond acceptors (Lipinski definition) is 6. The molecular weight excluding hydrogens is 512 g/mol. The molecule has 3 rings (SSSR count). The zero-order valence-corrected chi connectivity index (χ0v) is 24.9. The number of carbonyl (C=O) groups is 1. The van der Waals surface area contributed by atoms with E-state index in [0.29, 0.717) is 23.6 Å². The number of nitrogens with zero attached hydrogens (tertiary/aromatic N) is 2. The molecule has 0 heterocycles. The van der Waals surface area contributed by atoms with Crippen molar-refractivity contribution in [1.82, 2.24) is 0 Å². The molecule has 0 spiro atoms. The van der Waals surface area contributed by atoms with Gasteiger partial charge in [-0.3, -0.25) is 0 Å². The average Bonchev–Trinajstić information content (AvgIpc) is 3.00. The van der Waals surface area contributed by atoms with Crippen molar-refractivity contribution in [2.45, 2.75) is 90.9 Å². The zero-order valence-electron chi connectivity index (χ0n) is 24.9. The summed E-state index contributed by atoms with van der Waals surface area (Å²) in [5, 5.41) is 8.58. The topological polar surface area (TPSA) is 69.5 Å². The first-order chi connectivity index (χ1) is 20.2. The van der Waals surface area contributed by atoms with E-state index in [4.69, 9.17) is 14.2 Å². The van der Waals surface area contributed by atoms with Gasteiger partial charge < -0.3 is 14.2 Å². The van der Waals surface area contributed by atoms with E-state index in [9.17, 15) is 4.79 Å². The van der Waals surface area contributed by atoms with Gasteiger partial charge in [0.05, 0.1) is 30.2 Å². The van der Waals surface area contributed by atoms with Gasteiger partial charge in [0.25, 0.3) is 0 Å². The fraction of sp³-hybridized carbons (Fsp3) is 0.457. The molecule has 220 valence electrons. The summed E-state index contributed by atoms with van der Waals surface area (Å²) >= 11 is 0. The molecule has 0 unspecified atom stereocenters.